The van der Waals surface area contributed by atoms with Crippen LogP contribution in [0, 0.1) is 5.92 Å². The monoisotopic (exact) mass is 379 g/mol. The van der Waals surface area contributed by atoms with Gasteiger partial charge in [-0.1, -0.05) is 19.9 Å². The first-order valence-corrected chi connectivity index (χ1v) is 9.08. The number of benzene rings is 1. The lowest BCUT2D eigenvalue weighted by Gasteiger charge is -2.22. The summed E-state index contributed by atoms with van der Waals surface area (Å²) in [6.45, 7) is 6.39. The summed E-state index contributed by atoms with van der Waals surface area (Å²) >= 11 is 3.24. The van der Waals surface area contributed by atoms with Gasteiger partial charge in [-0.25, -0.2) is 13.1 Å². The minimum absolute atomic E-state index is 0.103. The Balaban J connectivity index is 3.04. The van der Waals surface area contributed by atoms with E-state index in [2.05, 4.69) is 20.7 Å². The summed E-state index contributed by atoms with van der Waals surface area (Å²) in [4.78, 5) is 0.121. The zero-order valence-electron chi connectivity index (χ0n) is 12.5. The molecule has 0 bridgehead atoms. The van der Waals surface area contributed by atoms with Crippen molar-refractivity contribution in [2.24, 2.45) is 5.92 Å². The average Bonchev–Trinajstić information content (AvgIpc) is 2.43. The summed E-state index contributed by atoms with van der Waals surface area (Å²) in [5, 5.41) is 9.15. The summed E-state index contributed by atoms with van der Waals surface area (Å²) < 4.78 is 33.5. The van der Waals surface area contributed by atoms with E-state index < -0.39 is 10.0 Å². The molecular formula is C14H22BrNO4S. The van der Waals surface area contributed by atoms with Gasteiger partial charge in [0.1, 0.15) is 0 Å². The molecule has 1 rings (SSSR count). The van der Waals surface area contributed by atoms with Gasteiger partial charge in [0.2, 0.25) is 10.0 Å². The fraction of sp³-hybridized carbons (Fsp3) is 0.571. The topological polar surface area (TPSA) is 75.6 Å². The second-order valence-electron chi connectivity index (χ2n) is 5.05. The molecule has 0 aromatic heterocycles. The Morgan fingerprint density at radius 1 is 1.38 bits per heavy atom. The maximum atomic E-state index is 12.5. The molecule has 0 saturated heterocycles. The van der Waals surface area contributed by atoms with E-state index >= 15 is 0 Å². The van der Waals surface area contributed by atoms with Gasteiger partial charge in [-0.3, -0.25) is 0 Å². The van der Waals surface area contributed by atoms with Gasteiger partial charge < -0.3 is 9.84 Å². The average molecular weight is 380 g/mol. The maximum Gasteiger partial charge on any atom is 0.242 e. The summed E-state index contributed by atoms with van der Waals surface area (Å²) in [5.41, 5.74) is 0.546. The lowest BCUT2D eigenvalue weighted by atomic mass is 10.1. The van der Waals surface area contributed by atoms with E-state index in [0.29, 0.717) is 23.2 Å². The highest BCUT2D eigenvalue weighted by Crippen LogP contribution is 2.24. The van der Waals surface area contributed by atoms with Gasteiger partial charge in [0, 0.05) is 17.1 Å². The molecule has 0 amide bonds. The van der Waals surface area contributed by atoms with E-state index in [1.54, 1.807) is 12.1 Å². The van der Waals surface area contributed by atoms with E-state index in [1.807, 2.05) is 20.8 Å². The number of aliphatic hydroxyl groups excluding tert-OH is 1. The fourth-order valence-electron chi connectivity index (χ4n) is 1.72. The quantitative estimate of drug-likeness (QED) is 0.726. The Kier molecular flexibility index (Phi) is 7.29. The molecule has 1 unspecified atom stereocenters. The normalized spacial score (nSPS) is 13.6. The molecule has 7 heteroatoms. The first kappa shape index (κ1) is 18.6. The van der Waals surface area contributed by atoms with Crippen molar-refractivity contribution in [3.8, 4) is 0 Å². The van der Waals surface area contributed by atoms with Crippen LogP contribution >= 0.6 is 15.9 Å². The van der Waals surface area contributed by atoms with E-state index in [4.69, 9.17) is 9.84 Å². The molecule has 1 aromatic rings. The number of halogens is 1. The molecule has 0 aliphatic rings. The molecule has 0 aliphatic carbocycles. The molecule has 21 heavy (non-hydrogen) atoms. The van der Waals surface area contributed by atoms with Gasteiger partial charge in [0.25, 0.3) is 0 Å². The van der Waals surface area contributed by atoms with Crippen LogP contribution in [0.2, 0.25) is 0 Å². The molecule has 5 nitrogen and oxygen atoms in total. The first-order chi connectivity index (χ1) is 9.81. The molecule has 0 radical (unpaired) electrons. The highest BCUT2D eigenvalue weighted by atomic mass is 79.9. The first-order valence-electron chi connectivity index (χ1n) is 6.81. The molecule has 0 saturated carbocycles. The molecule has 2 N–H and O–H groups in total. The number of hydrogen-bond acceptors (Lipinski definition) is 4. The third-order valence-electron chi connectivity index (χ3n) is 3.08. The molecular weight excluding hydrogens is 358 g/mol. The second kappa shape index (κ2) is 8.24. The van der Waals surface area contributed by atoms with Crippen LogP contribution in [-0.4, -0.2) is 32.8 Å². The van der Waals surface area contributed by atoms with Crippen LogP contribution in [0.5, 0.6) is 0 Å². The zero-order valence-corrected chi connectivity index (χ0v) is 14.9. The van der Waals surface area contributed by atoms with Crippen LogP contribution in [0.3, 0.4) is 0 Å². The van der Waals surface area contributed by atoms with E-state index in [1.165, 1.54) is 6.07 Å². The summed E-state index contributed by atoms with van der Waals surface area (Å²) in [6, 6.07) is 4.44. The fourth-order valence-corrected chi connectivity index (χ4v) is 4.11. The number of ether oxygens (including phenoxy) is 1. The highest BCUT2D eigenvalue weighted by molar-refractivity contribution is 9.10. The number of rotatable bonds is 8. The van der Waals surface area contributed by atoms with E-state index in [9.17, 15) is 8.42 Å². The Morgan fingerprint density at radius 2 is 2.05 bits per heavy atom. The maximum absolute atomic E-state index is 12.5. The van der Waals surface area contributed by atoms with Crippen molar-refractivity contribution in [1.82, 2.24) is 4.72 Å². The second-order valence-corrected chi connectivity index (χ2v) is 7.59. The van der Waals surface area contributed by atoms with Gasteiger partial charge in [-0.15, -0.1) is 0 Å². The number of nitrogens with one attached hydrogen (secondary N) is 1. The number of hydrogen-bond donors (Lipinski definition) is 2. The summed E-state index contributed by atoms with van der Waals surface area (Å²) in [5.74, 6) is 0.103. The molecule has 120 valence electrons. The molecule has 0 fully saturated rings. The minimum atomic E-state index is -3.69. The third-order valence-corrected chi connectivity index (χ3v) is 5.56. The largest absolute Gasteiger partial charge is 0.392 e. The Hall–Kier alpha value is -0.470. The van der Waals surface area contributed by atoms with E-state index in [0.717, 1.165) is 0 Å². The molecule has 0 heterocycles. The molecule has 0 spiro atoms. The Morgan fingerprint density at radius 3 is 2.57 bits per heavy atom. The van der Waals surface area contributed by atoms with Crippen LogP contribution in [0.4, 0.5) is 0 Å². The third kappa shape index (κ3) is 5.34. The number of aliphatic hydroxyl groups is 1. The van der Waals surface area contributed by atoms with E-state index in [-0.39, 0.29) is 23.5 Å². The van der Waals surface area contributed by atoms with Gasteiger partial charge in [-0.2, -0.15) is 0 Å². The summed E-state index contributed by atoms with van der Waals surface area (Å²) in [6.07, 6.45) is 0. The van der Waals surface area contributed by atoms with Crippen LogP contribution < -0.4 is 4.72 Å². The van der Waals surface area contributed by atoms with Gasteiger partial charge in [0.15, 0.2) is 0 Å². The molecule has 1 atom stereocenters. The Bertz CT molecular complexity index is 560. The minimum Gasteiger partial charge on any atom is -0.392 e. The van der Waals surface area contributed by atoms with Crippen LogP contribution in [-0.2, 0) is 21.4 Å². The predicted octanol–water partition coefficient (Wildman–Crippen LogP) is 2.28. The van der Waals surface area contributed by atoms with Gasteiger partial charge >= 0.3 is 0 Å². The highest BCUT2D eigenvalue weighted by Gasteiger charge is 2.24. The lowest BCUT2D eigenvalue weighted by molar-refractivity contribution is 0.116. The standard InChI is InChI=1S/C14H22BrNO4S/c1-4-20-9-13(10(2)3)16-21(18,19)14-7-11(8-17)5-6-12(14)15/h5-7,10,13,16-17H,4,8-9H2,1-3H3. The predicted molar refractivity (Wildman–Crippen MR) is 85.5 cm³/mol. The molecule has 0 aliphatic heterocycles. The van der Waals surface area contributed by atoms with Crippen molar-refractivity contribution in [3.05, 3.63) is 28.2 Å². The van der Waals surface area contributed by atoms with Gasteiger partial charge in [0.05, 0.1) is 18.1 Å². The lowest BCUT2D eigenvalue weighted by Crippen LogP contribution is -2.42. The Labute approximate surface area is 134 Å². The van der Waals surface area contributed by atoms with Crippen LogP contribution in [0.1, 0.15) is 26.3 Å². The summed E-state index contributed by atoms with van der Waals surface area (Å²) in [7, 11) is -3.69. The molecule has 1 aromatic carbocycles. The van der Waals surface area contributed by atoms with Gasteiger partial charge in [-0.05, 0) is 46.5 Å². The SMILES string of the molecule is CCOCC(NS(=O)(=O)c1cc(CO)ccc1Br)C(C)C. The van der Waals surface area contributed by atoms with Crippen LogP contribution in [0.15, 0.2) is 27.6 Å². The van der Waals surface area contributed by atoms with Crippen LogP contribution in [0.25, 0.3) is 0 Å². The smallest absolute Gasteiger partial charge is 0.242 e. The van der Waals surface area contributed by atoms with Crippen molar-refractivity contribution in [2.75, 3.05) is 13.2 Å². The van der Waals surface area contributed by atoms with Crippen molar-refractivity contribution in [1.29, 1.82) is 0 Å². The van der Waals surface area contributed by atoms with Crippen molar-refractivity contribution in [2.45, 2.75) is 38.3 Å². The number of sulfonamides is 1. The van der Waals surface area contributed by atoms with Crippen molar-refractivity contribution < 1.29 is 18.3 Å². The zero-order chi connectivity index (χ0) is 16.0. The van der Waals surface area contributed by atoms with Crippen molar-refractivity contribution >= 4 is 26.0 Å². The van der Waals surface area contributed by atoms with Crippen molar-refractivity contribution in [3.63, 3.8) is 0 Å².